The van der Waals surface area contributed by atoms with Gasteiger partial charge in [0.15, 0.2) is 0 Å². The van der Waals surface area contributed by atoms with E-state index in [1.54, 1.807) is 0 Å². The predicted molar refractivity (Wildman–Crippen MR) is 95.6 cm³/mol. The fraction of sp³-hybridized carbons (Fsp3) is 0.526. The van der Waals surface area contributed by atoms with E-state index in [0.717, 1.165) is 25.0 Å². The monoisotopic (exact) mass is 413 g/mol. The fourth-order valence-corrected chi connectivity index (χ4v) is 3.10. The van der Waals surface area contributed by atoms with Crippen molar-refractivity contribution in [3.63, 3.8) is 0 Å². The topological polar surface area (TPSA) is 77.7 Å². The first kappa shape index (κ1) is 21.3. The summed E-state index contributed by atoms with van der Waals surface area (Å²) in [7, 11) is 1.33. The molecule has 0 aliphatic carbocycles. The highest BCUT2D eigenvalue weighted by atomic mass is 19.4. The zero-order valence-electron chi connectivity index (χ0n) is 15.9. The van der Waals surface area contributed by atoms with Crippen molar-refractivity contribution >= 4 is 5.97 Å². The molecule has 1 fully saturated rings. The number of aromatic nitrogens is 2. The Kier molecular flexibility index (Phi) is 6.86. The van der Waals surface area contributed by atoms with Crippen LogP contribution in [0.25, 0.3) is 11.4 Å². The highest BCUT2D eigenvalue weighted by molar-refractivity contribution is 5.69. The number of rotatable bonds is 8. The van der Waals surface area contributed by atoms with Gasteiger partial charge in [-0.15, -0.1) is 0 Å². The molecule has 0 amide bonds. The van der Waals surface area contributed by atoms with E-state index in [0.29, 0.717) is 37.7 Å². The summed E-state index contributed by atoms with van der Waals surface area (Å²) in [4.78, 5) is 17.7. The Balaban J connectivity index is 1.66. The Morgan fingerprint density at radius 1 is 1.31 bits per heavy atom. The van der Waals surface area contributed by atoms with Crippen molar-refractivity contribution in [2.45, 2.75) is 38.1 Å². The van der Waals surface area contributed by atoms with Gasteiger partial charge in [0, 0.05) is 25.3 Å². The molecule has 2 heterocycles. The molecule has 0 spiro atoms. The maximum Gasteiger partial charge on any atom is 0.416 e. The molecule has 10 heteroatoms. The highest BCUT2D eigenvalue weighted by Crippen LogP contribution is 2.30. The molecule has 1 unspecified atom stereocenters. The minimum absolute atomic E-state index is 0.0740. The summed E-state index contributed by atoms with van der Waals surface area (Å²) in [5.74, 6) is 0.194. The molecular formula is C19H22F3N3O4. The van der Waals surface area contributed by atoms with Crippen LogP contribution in [-0.4, -0.2) is 53.9 Å². The average molecular weight is 413 g/mol. The van der Waals surface area contributed by atoms with Crippen LogP contribution in [0, 0.1) is 0 Å². The zero-order chi connectivity index (χ0) is 20.9. The van der Waals surface area contributed by atoms with Crippen molar-refractivity contribution in [2.75, 3.05) is 26.8 Å². The summed E-state index contributed by atoms with van der Waals surface area (Å²) in [5.41, 5.74) is -0.316. The van der Waals surface area contributed by atoms with Gasteiger partial charge >= 0.3 is 12.1 Å². The zero-order valence-corrected chi connectivity index (χ0v) is 15.9. The number of ether oxygens (including phenoxy) is 2. The molecule has 3 rings (SSSR count). The van der Waals surface area contributed by atoms with Gasteiger partial charge in [-0.3, -0.25) is 9.69 Å². The lowest BCUT2D eigenvalue weighted by Gasteiger charge is -2.23. The number of alkyl halides is 3. The summed E-state index contributed by atoms with van der Waals surface area (Å²) < 4.78 is 53.7. The van der Waals surface area contributed by atoms with Crippen LogP contribution in [0.5, 0.6) is 0 Å². The molecule has 1 aromatic heterocycles. The molecule has 0 saturated carbocycles. The number of esters is 1. The first-order chi connectivity index (χ1) is 13.8. The fourth-order valence-electron chi connectivity index (χ4n) is 3.10. The van der Waals surface area contributed by atoms with Crippen molar-refractivity contribution in [1.29, 1.82) is 0 Å². The maximum absolute atomic E-state index is 12.7. The molecule has 29 heavy (non-hydrogen) atoms. The molecule has 7 nitrogen and oxygen atoms in total. The Morgan fingerprint density at radius 2 is 2.07 bits per heavy atom. The van der Waals surface area contributed by atoms with Crippen LogP contribution in [0.4, 0.5) is 13.2 Å². The lowest BCUT2D eigenvalue weighted by Crippen LogP contribution is -2.33. The Labute approximate surface area is 165 Å². The number of carbonyl (C=O) groups is 1. The van der Waals surface area contributed by atoms with Crippen molar-refractivity contribution in [3.05, 3.63) is 35.7 Å². The molecule has 1 aromatic carbocycles. The second kappa shape index (κ2) is 9.36. The van der Waals surface area contributed by atoms with Gasteiger partial charge in [0.2, 0.25) is 11.7 Å². The number of halogens is 3. The van der Waals surface area contributed by atoms with Gasteiger partial charge < -0.3 is 14.0 Å². The van der Waals surface area contributed by atoms with Crippen LogP contribution in [0.3, 0.4) is 0 Å². The van der Waals surface area contributed by atoms with Crippen LogP contribution in [0.15, 0.2) is 28.8 Å². The predicted octanol–water partition coefficient (Wildman–Crippen LogP) is 3.30. The molecule has 0 bridgehead atoms. The Morgan fingerprint density at radius 3 is 2.69 bits per heavy atom. The van der Waals surface area contributed by atoms with Gasteiger partial charge in [-0.05, 0) is 25.0 Å². The third-order valence-corrected chi connectivity index (χ3v) is 4.64. The molecule has 2 aromatic rings. The van der Waals surface area contributed by atoms with E-state index < -0.39 is 11.7 Å². The van der Waals surface area contributed by atoms with Gasteiger partial charge in [-0.25, -0.2) is 0 Å². The molecule has 1 saturated heterocycles. The van der Waals surface area contributed by atoms with Crippen LogP contribution in [0.1, 0.15) is 30.7 Å². The second-order valence-corrected chi connectivity index (χ2v) is 6.78. The third-order valence-electron chi connectivity index (χ3n) is 4.64. The third kappa shape index (κ3) is 6.01. The standard InChI is InChI=1S/C19H22F3N3O4/c1-27-17(26)8-9-25(11-15-3-2-10-28-15)12-16-23-18(24-29-16)13-4-6-14(7-5-13)19(20,21)22/h4-7,15H,2-3,8-12H2,1H3. The van der Waals surface area contributed by atoms with Crippen molar-refractivity contribution in [3.8, 4) is 11.4 Å². The quantitative estimate of drug-likeness (QED) is 0.615. The summed E-state index contributed by atoms with van der Waals surface area (Å²) >= 11 is 0. The lowest BCUT2D eigenvalue weighted by atomic mass is 10.1. The number of benzene rings is 1. The van der Waals surface area contributed by atoms with Gasteiger partial charge in [0.1, 0.15) is 0 Å². The number of methoxy groups -OCH3 is 1. The maximum atomic E-state index is 12.7. The van der Waals surface area contributed by atoms with Gasteiger partial charge in [0.05, 0.1) is 31.7 Å². The lowest BCUT2D eigenvalue weighted by molar-refractivity contribution is -0.141. The Hall–Kier alpha value is -2.46. The number of carbonyl (C=O) groups excluding carboxylic acids is 1. The average Bonchev–Trinajstić information content (AvgIpc) is 3.37. The van der Waals surface area contributed by atoms with Crippen LogP contribution < -0.4 is 0 Å². The van der Waals surface area contributed by atoms with Crippen LogP contribution in [-0.2, 0) is 27.0 Å². The van der Waals surface area contributed by atoms with E-state index in [1.807, 2.05) is 4.90 Å². The SMILES string of the molecule is COC(=O)CCN(Cc1nc(-c2ccc(C(F)(F)F)cc2)no1)CC1CCCO1. The Bertz CT molecular complexity index is 802. The summed E-state index contributed by atoms with van der Waals surface area (Å²) in [6.07, 6.45) is -2.18. The van der Waals surface area contributed by atoms with E-state index in [1.165, 1.54) is 19.2 Å². The van der Waals surface area contributed by atoms with Gasteiger partial charge in [0.25, 0.3) is 0 Å². The first-order valence-corrected chi connectivity index (χ1v) is 9.26. The summed E-state index contributed by atoms with van der Waals surface area (Å²) in [6.45, 7) is 2.05. The van der Waals surface area contributed by atoms with E-state index >= 15 is 0 Å². The number of hydrogen-bond donors (Lipinski definition) is 0. The molecule has 1 aliphatic rings. The number of hydrogen-bond acceptors (Lipinski definition) is 7. The molecule has 1 atom stereocenters. The first-order valence-electron chi connectivity index (χ1n) is 9.26. The highest BCUT2D eigenvalue weighted by Gasteiger charge is 2.30. The van der Waals surface area contributed by atoms with E-state index in [4.69, 9.17) is 9.26 Å². The second-order valence-electron chi connectivity index (χ2n) is 6.78. The largest absolute Gasteiger partial charge is 0.469 e. The normalized spacial score (nSPS) is 17.1. The van der Waals surface area contributed by atoms with E-state index in [2.05, 4.69) is 14.9 Å². The minimum Gasteiger partial charge on any atom is -0.469 e. The van der Waals surface area contributed by atoms with Crippen molar-refractivity contribution in [1.82, 2.24) is 15.0 Å². The van der Waals surface area contributed by atoms with Crippen LogP contribution >= 0.6 is 0 Å². The van der Waals surface area contributed by atoms with Gasteiger partial charge in [-0.1, -0.05) is 17.3 Å². The molecule has 0 radical (unpaired) electrons. The summed E-state index contributed by atoms with van der Waals surface area (Å²) in [6, 6.07) is 4.56. The van der Waals surface area contributed by atoms with E-state index in [9.17, 15) is 18.0 Å². The summed E-state index contributed by atoms with van der Waals surface area (Å²) in [5, 5.41) is 3.86. The van der Waals surface area contributed by atoms with E-state index in [-0.39, 0.29) is 24.3 Å². The minimum atomic E-state index is -4.40. The van der Waals surface area contributed by atoms with Crippen LogP contribution in [0.2, 0.25) is 0 Å². The molecule has 0 N–H and O–H groups in total. The van der Waals surface area contributed by atoms with Crippen molar-refractivity contribution < 1.29 is 32.0 Å². The van der Waals surface area contributed by atoms with Crippen molar-refractivity contribution in [2.24, 2.45) is 0 Å². The molecule has 1 aliphatic heterocycles. The molecule has 158 valence electrons. The smallest absolute Gasteiger partial charge is 0.416 e. The van der Waals surface area contributed by atoms with Gasteiger partial charge in [-0.2, -0.15) is 18.2 Å². The molecular weight excluding hydrogens is 391 g/mol. The number of nitrogens with zero attached hydrogens (tertiary/aromatic N) is 3.